The number of ether oxygens (including phenoxy) is 1. The van der Waals surface area contributed by atoms with Crippen molar-refractivity contribution in [2.75, 3.05) is 6.61 Å². The van der Waals surface area contributed by atoms with Gasteiger partial charge in [0.1, 0.15) is 17.0 Å². The number of benzene rings is 1. The molecule has 152 valence electrons. The minimum absolute atomic E-state index is 0.158. The topological polar surface area (TPSA) is 85.0 Å². The Hall–Kier alpha value is -3.16. The molecule has 0 bridgehead atoms. The molecule has 0 spiro atoms. The summed E-state index contributed by atoms with van der Waals surface area (Å²) in [5.41, 5.74) is 1.75. The Morgan fingerprint density at radius 1 is 1.17 bits per heavy atom. The quantitative estimate of drug-likeness (QED) is 0.427. The molecule has 0 aliphatic carbocycles. The highest BCUT2D eigenvalue weighted by Gasteiger charge is 2.35. The number of amides is 1. The van der Waals surface area contributed by atoms with Crippen LogP contribution in [0.5, 0.6) is 0 Å². The zero-order chi connectivity index (χ0) is 21.1. The van der Waals surface area contributed by atoms with E-state index in [1.165, 1.54) is 29.6 Å². The largest absolute Gasteiger partial charge is 0.467 e. The molecule has 9 heteroatoms. The maximum atomic E-state index is 12.8. The molecule has 0 N–H and O–H groups in total. The molecule has 3 aromatic rings. The van der Waals surface area contributed by atoms with E-state index in [0.29, 0.717) is 22.9 Å². The summed E-state index contributed by atoms with van der Waals surface area (Å²) >= 11 is 11.7. The number of carbonyl (C=O) groups excluding carboxylic acids is 2. The number of hydrazone groups is 1. The van der Waals surface area contributed by atoms with E-state index in [-0.39, 0.29) is 10.7 Å². The van der Waals surface area contributed by atoms with Gasteiger partial charge in [-0.2, -0.15) is 5.10 Å². The number of aromatic nitrogens is 1. The summed E-state index contributed by atoms with van der Waals surface area (Å²) in [7, 11) is 0. The van der Waals surface area contributed by atoms with E-state index < -0.39 is 24.5 Å². The second-order valence-electron chi connectivity index (χ2n) is 6.47. The van der Waals surface area contributed by atoms with Gasteiger partial charge in [-0.1, -0.05) is 35.3 Å². The fourth-order valence-electron chi connectivity index (χ4n) is 3.07. The summed E-state index contributed by atoms with van der Waals surface area (Å²) in [5, 5.41) is 6.52. The van der Waals surface area contributed by atoms with Gasteiger partial charge < -0.3 is 9.15 Å². The van der Waals surface area contributed by atoms with Crippen LogP contribution in [0.25, 0.3) is 0 Å². The molecular formula is C21H15Cl2N3O4. The smallest absolute Gasteiger partial charge is 0.338 e. The van der Waals surface area contributed by atoms with E-state index in [1.807, 2.05) is 12.1 Å². The number of rotatable bonds is 5. The number of hydrogen-bond acceptors (Lipinski definition) is 6. The standard InChI is InChI=1S/C21H15Cl2N3O4/c22-15-5-3-13(4-6-15)16-11-17(18-2-1-9-29-18)26(25-16)20(27)12-30-21(28)14-7-8-24-19(23)10-14/h1-10,17H,11-12H2. The van der Waals surface area contributed by atoms with Crippen LogP contribution in [-0.2, 0) is 9.53 Å². The summed E-state index contributed by atoms with van der Waals surface area (Å²) < 4.78 is 10.6. The van der Waals surface area contributed by atoms with Crippen LogP contribution in [0, 0.1) is 0 Å². The second kappa shape index (κ2) is 8.69. The molecule has 0 saturated heterocycles. The van der Waals surface area contributed by atoms with E-state index in [4.69, 9.17) is 32.4 Å². The van der Waals surface area contributed by atoms with Crippen molar-refractivity contribution in [3.05, 3.63) is 88.1 Å². The van der Waals surface area contributed by atoms with Gasteiger partial charge in [-0.25, -0.2) is 14.8 Å². The normalized spacial score (nSPS) is 15.7. The number of pyridine rings is 1. The minimum atomic E-state index is -0.678. The van der Waals surface area contributed by atoms with Crippen LogP contribution < -0.4 is 0 Å². The summed E-state index contributed by atoms with van der Waals surface area (Å²) in [6.07, 6.45) is 3.37. The number of hydrogen-bond donors (Lipinski definition) is 0. The number of halogens is 2. The van der Waals surface area contributed by atoms with Crippen molar-refractivity contribution in [1.29, 1.82) is 0 Å². The van der Waals surface area contributed by atoms with Gasteiger partial charge in [0.15, 0.2) is 6.61 Å². The minimum Gasteiger partial charge on any atom is -0.467 e. The Bertz CT molecular complexity index is 1100. The lowest BCUT2D eigenvalue weighted by atomic mass is 10.0. The highest BCUT2D eigenvalue weighted by molar-refractivity contribution is 6.30. The molecular weight excluding hydrogens is 429 g/mol. The third kappa shape index (κ3) is 4.37. The molecule has 1 aliphatic heterocycles. The van der Waals surface area contributed by atoms with Crippen LogP contribution in [-0.4, -0.2) is 34.2 Å². The molecule has 0 fully saturated rings. The Morgan fingerprint density at radius 3 is 2.67 bits per heavy atom. The Kier molecular flexibility index (Phi) is 5.83. The van der Waals surface area contributed by atoms with Crippen molar-refractivity contribution in [3.8, 4) is 0 Å². The van der Waals surface area contributed by atoms with Gasteiger partial charge in [0.2, 0.25) is 0 Å². The molecule has 1 amide bonds. The SMILES string of the molecule is O=C(OCC(=O)N1N=C(c2ccc(Cl)cc2)CC1c1ccco1)c1ccnc(Cl)c1. The second-order valence-corrected chi connectivity index (χ2v) is 7.29. The molecule has 0 saturated carbocycles. The van der Waals surface area contributed by atoms with Crippen LogP contribution >= 0.6 is 23.2 Å². The van der Waals surface area contributed by atoms with Crippen molar-refractivity contribution in [1.82, 2.24) is 9.99 Å². The van der Waals surface area contributed by atoms with Crippen LogP contribution in [0.1, 0.15) is 34.1 Å². The fourth-order valence-corrected chi connectivity index (χ4v) is 3.37. The average molecular weight is 444 g/mol. The van der Waals surface area contributed by atoms with Gasteiger partial charge in [0, 0.05) is 17.6 Å². The highest BCUT2D eigenvalue weighted by atomic mass is 35.5. The maximum Gasteiger partial charge on any atom is 0.338 e. The molecule has 30 heavy (non-hydrogen) atoms. The molecule has 7 nitrogen and oxygen atoms in total. The van der Waals surface area contributed by atoms with Gasteiger partial charge in [0.05, 0.1) is 17.5 Å². The van der Waals surface area contributed by atoms with Gasteiger partial charge in [-0.05, 0) is 42.0 Å². The average Bonchev–Trinajstić information content (AvgIpc) is 3.42. The van der Waals surface area contributed by atoms with E-state index in [2.05, 4.69) is 10.1 Å². The Labute approximate surface area is 181 Å². The van der Waals surface area contributed by atoms with Crippen molar-refractivity contribution >= 4 is 40.8 Å². The van der Waals surface area contributed by atoms with Crippen LogP contribution in [0.2, 0.25) is 10.2 Å². The van der Waals surface area contributed by atoms with Crippen LogP contribution in [0.15, 0.2) is 70.5 Å². The van der Waals surface area contributed by atoms with E-state index >= 15 is 0 Å². The zero-order valence-corrected chi connectivity index (χ0v) is 17.0. The summed E-state index contributed by atoms with van der Waals surface area (Å²) in [6.45, 7) is -0.479. The third-order valence-corrected chi connectivity index (χ3v) is 4.96. The van der Waals surface area contributed by atoms with Crippen LogP contribution in [0.3, 0.4) is 0 Å². The van der Waals surface area contributed by atoms with Gasteiger partial charge in [-0.15, -0.1) is 0 Å². The molecule has 2 aromatic heterocycles. The van der Waals surface area contributed by atoms with Gasteiger partial charge in [-0.3, -0.25) is 4.79 Å². The third-order valence-electron chi connectivity index (χ3n) is 4.50. The predicted octanol–water partition coefficient (Wildman–Crippen LogP) is 4.52. The first-order valence-electron chi connectivity index (χ1n) is 8.99. The van der Waals surface area contributed by atoms with Crippen molar-refractivity contribution in [2.24, 2.45) is 5.10 Å². The Balaban J connectivity index is 1.51. The number of furan rings is 1. The maximum absolute atomic E-state index is 12.8. The zero-order valence-electron chi connectivity index (χ0n) is 15.5. The van der Waals surface area contributed by atoms with Crippen molar-refractivity contribution < 1.29 is 18.7 Å². The first kappa shape index (κ1) is 20.1. The van der Waals surface area contributed by atoms with Gasteiger partial charge >= 0.3 is 5.97 Å². The molecule has 0 radical (unpaired) electrons. The van der Waals surface area contributed by atoms with E-state index in [0.717, 1.165) is 5.56 Å². The summed E-state index contributed by atoms with van der Waals surface area (Å²) in [6, 6.07) is 13.1. The Morgan fingerprint density at radius 2 is 1.97 bits per heavy atom. The lowest BCUT2D eigenvalue weighted by Gasteiger charge is -2.19. The number of carbonyl (C=O) groups is 2. The number of esters is 1. The molecule has 1 aromatic carbocycles. The predicted molar refractivity (Wildman–Crippen MR) is 110 cm³/mol. The van der Waals surface area contributed by atoms with Crippen LogP contribution in [0.4, 0.5) is 0 Å². The molecule has 4 rings (SSSR count). The summed E-state index contributed by atoms with van der Waals surface area (Å²) in [4.78, 5) is 28.8. The molecule has 1 aliphatic rings. The lowest BCUT2D eigenvalue weighted by Crippen LogP contribution is -2.31. The molecule has 1 atom stereocenters. The summed E-state index contributed by atoms with van der Waals surface area (Å²) in [5.74, 6) is -0.569. The first-order valence-corrected chi connectivity index (χ1v) is 9.74. The molecule has 3 heterocycles. The first-order chi connectivity index (χ1) is 14.5. The number of nitrogens with zero attached hydrogens (tertiary/aromatic N) is 3. The van der Waals surface area contributed by atoms with Crippen molar-refractivity contribution in [3.63, 3.8) is 0 Å². The fraction of sp³-hybridized carbons (Fsp3) is 0.143. The van der Waals surface area contributed by atoms with Gasteiger partial charge in [0.25, 0.3) is 5.91 Å². The highest BCUT2D eigenvalue weighted by Crippen LogP contribution is 2.33. The van der Waals surface area contributed by atoms with E-state index in [1.54, 1.807) is 24.3 Å². The molecule has 1 unspecified atom stereocenters. The lowest BCUT2D eigenvalue weighted by molar-refractivity contribution is -0.136. The van der Waals surface area contributed by atoms with E-state index in [9.17, 15) is 9.59 Å². The monoisotopic (exact) mass is 443 g/mol. The van der Waals surface area contributed by atoms with Crippen molar-refractivity contribution in [2.45, 2.75) is 12.5 Å².